The van der Waals surface area contributed by atoms with Gasteiger partial charge in [0.2, 0.25) is 5.75 Å². The Hall–Kier alpha value is -3.15. The van der Waals surface area contributed by atoms with Crippen LogP contribution in [0.2, 0.25) is 0 Å². The van der Waals surface area contributed by atoms with E-state index in [4.69, 9.17) is 36.5 Å². The number of hydrogen-bond donors (Lipinski definition) is 2. The number of halogens is 1. The molecule has 1 heterocycles. The number of H-pyrrole nitrogens is 1. The number of aromatic nitrogens is 3. The van der Waals surface area contributed by atoms with Gasteiger partial charge >= 0.3 is 0 Å². The molecule has 3 N–H and O–H groups in total. The van der Waals surface area contributed by atoms with Crippen molar-refractivity contribution in [2.45, 2.75) is 12.5 Å². The van der Waals surface area contributed by atoms with Crippen LogP contribution in [0.4, 0.5) is 5.69 Å². The normalized spacial score (nSPS) is 11.6. The number of nitrogens with one attached hydrogen (secondary N) is 1. The molecule has 1 aromatic heterocycles. The van der Waals surface area contributed by atoms with Crippen molar-refractivity contribution in [1.29, 1.82) is 0 Å². The second-order valence-corrected chi connectivity index (χ2v) is 8.65. The Bertz CT molecular complexity index is 1150. The molecule has 3 rings (SSSR count). The average Bonchev–Trinajstić information content (AvgIpc) is 3.39. The van der Waals surface area contributed by atoms with Crippen molar-refractivity contribution in [3.8, 4) is 45.5 Å². The van der Waals surface area contributed by atoms with Crippen LogP contribution in [-0.2, 0) is 4.79 Å². The van der Waals surface area contributed by atoms with Gasteiger partial charge in [0, 0.05) is 22.9 Å². The van der Waals surface area contributed by atoms with Crippen molar-refractivity contribution >= 4 is 35.1 Å². The number of ether oxygens (including phenoxy) is 4. The summed E-state index contributed by atoms with van der Waals surface area (Å²) in [4.78, 5) is 12.8. The lowest BCUT2D eigenvalue weighted by Gasteiger charge is -2.21. The minimum Gasteiger partial charge on any atom is -0.495 e. The highest BCUT2D eigenvalue weighted by Gasteiger charge is 2.25. The van der Waals surface area contributed by atoms with Crippen LogP contribution in [0.5, 0.6) is 23.0 Å². The number of carbonyl (C=O) groups excluding carboxylic acids is 1. The summed E-state index contributed by atoms with van der Waals surface area (Å²) in [6.45, 7) is 0. The third-order valence-corrected chi connectivity index (χ3v) is 6.29. The predicted molar refractivity (Wildman–Crippen MR) is 138 cm³/mol. The number of nitrogens with zero attached hydrogens (tertiary/aromatic N) is 3. The standard InChI is InChI=1S/C23H28ClN5O5S/c1-31-17-7-6-13(10-16(17)29(24)23(30)15(25)8-9-35-5)20-21(27-28-26-20)14-11-18(32-2)22(34-4)19(12-14)33-3/h6-7,10-12,15H,8-9,25H2,1-5H3,(H,26,27,28). The molecule has 0 aliphatic rings. The molecule has 3 aromatic rings. The van der Waals surface area contributed by atoms with E-state index < -0.39 is 11.9 Å². The lowest BCUT2D eigenvalue weighted by molar-refractivity contribution is -0.118. The van der Waals surface area contributed by atoms with Crippen LogP contribution < -0.4 is 29.1 Å². The number of rotatable bonds is 11. The van der Waals surface area contributed by atoms with Gasteiger partial charge in [0.1, 0.15) is 22.8 Å². The SMILES string of the molecule is COc1ccc(-c2n[nH]nc2-c2cc(OC)c(OC)c(OC)c2)cc1N(Cl)C(=O)C(N)CCSC. The largest absolute Gasteiger partial charge is 0.495 e. The van der Waals surface area contributed by atoms with Crippen LogP contribution in [-0.4, -0.2) is 67.8 Å². The summed E-state index contributed by atoms with van der Waals surface area (Å²) in [5, 5.41) is 11.3. The molecule has 1 amide bonds. The molecule has 0 aliphatic heterocycles. The molecule has 0 saturated carbocycles. The topological polar surface area (TPSA) is 125 Å². The number of anilines is 1. The molecular formula is C23H28ClN5O5S. The van der Waals surface area contributed by atoms with Gasteiger partial charge in [-0.05, 0) is 48.8 Å². The zero-order valence-corrected chi connectivity index (χ0v) is 21.7. The van der Waals surface area contributed by atoms with E-state index in [-0.39, 0.29) is 0 Å². The highest BCUT2D eigenvalue weighted by molar-refractivity contribution is 7.98. The Balaban J connectivity index is 2.05. The summed E-state index contributed by atoms with van der Waals surface area (Å²) in [5.74, 6) is 2.13. The summed E-state index contributed by atoms with van der Waals surface area (Å²) in [6, 6.07) is 8.00. The first-order chi connectivity index (χ1) is 16.9. The maximum atomic E-state index is 12.8. The highest BCUT2D eigenvalue weighted by atomic mass is 35.5. The lowest BCUT2D eigenvalue weighted by atomic mass is 10.0. The Kier molecular flexibility index (Phi) is 9.07. The Morgan fingerprint density at radius 2 is 1.60 bits per heavy atom. The predicted octanol–water partition coefficient (Wildman–Crippen LogP) is 3.74. The molecule has 35 heavy (non-hydrogen) atoms. The number of amides is 1. The zero-order valence-electron chi connectivity index (χ0n) is 20.1. The molecule has 0 fully saturated rings. The molecule has 1 atom stereocenters. The first-order valence-corrected chi connectivity index (χ1v) is 12.3. The summed E-state index contributed by atoms with van der Waals surface area (Å²) in [6.07, 6.45) is 2.45. The van der Waals surface area contributed by atoms with Gasteiger partial charge in [0.05, 0.1) is 34.5 Å². The van der Waals surface area contributed by atoms with Crippen molar-refractivity contribution in [3.63, 3.8) is 0 Å². The fourth-order valence-electron chi connectivity index (χ4n) is 3.47. The van der Waals surface area contributed by atoms with E-state index in [2.05, 4.69) is 15.4 Å². The first-order valence-electron chi connectivity index (χ1n) is 10.5. The zero-order chi connectivity index (χ0) is 25.5. The number of methoxy groups -OCH3 is 4. The molecule has 188 valence electrons. The van der Waals surface area contributed by atoms with E-state index in [1.165, 1.54) is 28.4 Å². The van der Waals surface area contributed by atoms with Gasteiger partial charge in [-0.2, -0.15) is 27.2 Å². The maximum absolute atomic E-state index is 12.8. The monoisotopic (exact) mass is 521 g/mol. The van der Waals surface area contributed by atoms with Crippen molar-refractivity contribution < 1.29 is 23.7 Å². The van der Waals surface area contributed by atoms with Crippen LogP contribution >= 0.6 is 23.5 Å². The van der Waals surface area contributed by atoms with E-state index in [9.17, 15) is 4.79 Å². The molecular weight excluding hydrogens is 494 g/mol. The summed E-state index contributed by atoms with van der Waals surface area (Å²) in [7, 11) is 6.11. The van der Waals surface area contributed by atoms with Crippen LogP contribution in [0.15, 0.2) is 30.3 Å². The number of aromatic amines is 1. The minimum atomic E-state index is -0.741. The molecule has 2 aromatic carbocycles. The third-order valence-electron chi connectivity index (χ3n) is 5.29. The number of thioether (sulfide) groups is 1. The van der Waals surface area contributed by atoms with E-state index in [1.54, 1.807) is 42.1 Å². The van der Waals surface area contributed by atoms with Gasteiger partial charge < -0.3 is 24.7 Å². The van der Waals surface area contributed by atoms with Crippen molar-refractivity contribution in [1.82, 2.24) is 15.4 Å². The van der Waals surface area contributed by atoms with E-state index in [0.717, 1.165) is 10.2 Å². The van der Waals surface area contributed by atoms with Crippen LogP contribution in [0, 0.1) is 0 Å². The quantitative estimate of drug-likeness (QED) is 0.363. The molecule has 0 radical (unpaired) electrons. The van der Waals surface area contributed by atoms with E-state index in [1.807, 2.05) is 6.26 Å². The molecule has 0 aliphatic carbocycles. The van der Waals surface area contributed by atoms with Gasteiger partial charge in [-0.15, -0.1) is 0 Å². The van der Waals surface area contributed by atoms with Crippen LogP contribution in [0.25, 0.3) is 22.5 Å². The minimum absolute atomic E-state index is 0.343. The van der Waals surface area contributed by atoms with Crippen LogP contribution in [0.3, 0.4) is 0 Å². The summed E-state index contributed by atoms with van der Waals surface area (Å²) >= 11 is 8.05. The highest BCUT2D eigenvalue weighted by Crippen LogP contribution is 2.43. The molecule has 12 heteroatoms. The Morgan fingerprint density at radius 1 is 1.00 bits per heavy atom. The number of hydrogen-bond acceptors (Lipinski definition) is 9. The van der Waals surface area contributed by atoms with E-state index >= 15 is 0 Å². The van der Waals surface area contributed by atoms with Gasteiger partial charge in [0.25, 0.3) is 5.91 Å². The van der Waals surface area contributed by atoms with Crippen molar-refractivity contribution in [2.24, 2.45) is 5.73 Å². The van der Waals surface area contributed by atoms with Crippen molar-refractivity contribution in [3.05, 3.63) is 30.3 Å². The average molecular weight is 522 g/mol. The van der Waals surface area contributed by atoms with Gasteiger partial charge in [0.15, 0.2) is 11.5 Å². The third kappa shape index (κ3) is 5.58. The fraction of sp³-hybridized carbons (Fsp3) is 0.348. The summed E-state index contributed by atoms with van der Waals surface area (Å²) < 4.78 is 22.8. The number of benzene rings is 2. The number of carbonyl (C=O) groups is 1. The molecule has 0 bridgehead atoms. The summed E-state index contributed by atoms with van der Waals surface area (Å²) in [5.41, 5.74) is 8.78. The molecule has 0 spiro atoms. The van der Waals surface area contributed by atoms with Gasteiger partial charge in [-0.1, -0.05) is 0 Å². The van der Waals surface area contributed by atoms with Gasteiger partial charge in [-0.25, -0.2) is 4.42 Å². The Morgan fingerprint density at radius 3 is 2.14 bits per heavy atom. The Labute approximate surface area is 213 Å². The van der Waals surface area contributed by atoms with E-state index in [0.29, 0.717) is 57.6 Å². The van der Waals surface area contributed by atoms with Gasteiger partial charge in [-0.3, -0.25) is 4.79 Å². The molecule has 1 unspecified atom stereocenters. The lowest BCUT2D eigenvalue weighted by Crippen LogP contribution is -2.39. The molecule has 10 nitrogen and oxygen atoms in total. The molecule has 0 saturated heterocycles. The number of nitrogens with two attached hydrogens (primary N) is 1. The first kappa shape index (κ1) is 26.5. The second kappa shape index (κ2) is 12.0. The smallest absolute Gasteiger partial charge is 0.258 e. The maximum Gasteiger partial charge on any atom is 0.258 e. The fourth-order valence-corrected chi connectivity index (χ4v) is 4.22. The van der Waals surface area contributed by atoms with Crippen molar-refractivity contribution in [2.75, 3.05) is 44.9 Å². The van der Waals surface area contributed by atoms with Crippen LogP contribution in [0.1, 0.15) is 6.42 Å². The second-order valence-electron chi connectivity index (χ2n) is 7.33.